The maximum absolute atomic E-state index is 13.0. The Morgan fingerprint density at radius 3 is 2.48 bits per heavy atom. The number of hydrogen-bond donors (Lipinski definition) is 0. The van der Waals surface area contributed by atoms with Crippen molar-refractivity contribution in [1.29, 1.82) is 0 Å². The van der Waals surface area contributed by atoms with E-state index in [9.17, 15) is 8.42 Å². The molecule has 0 fully saturated rings. The molecule has 0 aromatic carbocycles. The first-order chi connectivity index (χ1) is 10.7. The molecule has 1 unspecified atom stereocenters. The summed E-state index contributed by atoms with van der Waals surface area (Å²) in [5, 5.41) is 4.41. The molecule has 6 nitrogen and oxygen atoms in total. The molecule has 2 heterocycles. The number of sulfonamides is 1. The maximum Gasteiger partial charge on any atom is 0.247 e. The summed E-state index contributed by atoms with van der Waals surface area (Å²) in [4.78, 5) is 0.291. The molecule has 0 bridgehead atoms. The van der Waals surface area contributed by atoms with Crippen molar-refractivity contribution >= 4 is 10.0 Å². The first-order valence-corrected chi connectivity index (χ1v) is 9.15. The number of aryl methyl sites for hydroxylation is 1. The highest BCUT2D eigenvalue weighted by Crippen LogP contribution is 2.29. The number of nitrogens with zero attached hydrogens (tertiary/aromatic N) is 3. The minimum Gasteiger partial charge on any atom is -0.468 e. The fourth-order valence-electron chi connectivity index (χ4n) is 2.64. The van der Waals surface area contributed by atoms with Gasteiger partial charge in [-0.3, -0.25) is 4.68 Å². The monoisotopic (exact) mass is 339 g/mol. The van der Waals surface area contributed by atoms with E-state index in [1.165, 1.54) is 4.31 Å². The van der Waals surface area contributed by atoms with E-state index in [0.29, 0.717) is 34.5 Å². The van der Waals surface area contributed by atoms with Gasteiger partial charge in [0.2, 0.25) is 10.0 Å². The average molecular weight is 339 g/mol. The zero-order chi connectivity index (χ0) is 17.4. The second-order valence-electron chi connectivity index (χ2n) is 6.29. The van der Waals surface area contributed by atoms with Crippen molar-refractivity contribution in [1.82, 2.24) is 14.1 Å². The summed E-state index contributed by atoms with van der Waals surface area (Å²) in [5.41, 5.74) is 1.20. The van der Waals surface area contributed by atoms with Gasteiger partial charge in [-0.05, 0) is 38.8 Å². The number of furan rings is 1. The Balaban J connectivity index is 2.42. The van der Waals surface area contributed by atoms with Crippen LogP contribution in [0, 0.1) is 19.8 Å². The Hall–Kier alpha value is -1.60. The van der Waals surface area contributed by atoms with Gasteiger partial charge in [-0.2, -0.15) is 9.40 Å². The molecule has 0 spiro atoms. The van der Waals surface area contributed by atoms with Gasteiger partial charge in [-0.25, -0.2) is 8.42 Å². The summed E-state index contributed by atoms with van der Waals surface area (Å²) in [7, 11) is -2.08. The second-order valence-corrected chi connectivity index (χ2v) is 8.22. The lowest BCUT2D eigenvalue weighted by atomic mass is 10.2. The summed E-state index contributed by atoms with van der Waals surface area (Å²) < 4.78 is 34.5. The van der Waals surface area contributed by atoms with Crippen LogP contribution in [-0.2, 0) is 16.6 Å². The van der Waals surface area contributed by atoms with Crippen LogP contribution in [0.15, 0.2) is 27.7 Å². The standard InChI is InChI=1S/C16H25N3O3S/c1-11(2)10-19-14(5)16(12(3)17-19)23(20,21)18(6)13(4)15-8-7-9-22-15/h7-9,11,13H,10H2,1-6H3. The molecule has 0 aliphatic carbocycles. The zero-order valence-corrected chi connectivity index (χ0v) is 15.4. The smallest absolute Gasteiger partial charge is 0.247 e. The van der Waals surface area contributed by atoms with E-state index in [-0.39, 0.29) is 6.04 Å². The first-order valence-electron chi connectivity index (χ1n) is 7.71. The quantitative estimate of drug-likeness (QED) is 0.811. The van der Waals surface area contributed by atoms with E-state index < -0.39 is 10.0 Å². The van der Waals surface area contributed by atoms with Crippen LogP contribution >= 0.6 is 0 Å². The largest absolute Gasteiger partial charge is 0.468 e. The van der Waals surface area contributed by atoms with Gasteiger partial charge in [0.25, 0.3) is 0 Å². The molecule has 0 aliphatic rings. The van der Waals surface area contributed by atoms with Crippen LogP contribution in [0.4, 0.5) is 0 Å². The van der Waals surface area contributed by atoms with Gasteiger partial charge in [0.15, 0.2) is 0 Å². The van der Waals surface area contributed by atoms with E-state index in [1.54, 1.807) is 50.9 Å². The van der Waals surface area contributed by atoms with Crippen LogP contribution in [0.2, 0.25) is 0 Å². The van der Waals surface area contributed by atoms with Crippen LogP contribution < -0.4 is 0 Å². The van der Waals surface area contributed by atoms with Crippen LogP contribution in [0.5, 0.6) is 0 Å². The Kier molecular flexibility index (Phi) is 5.01. The van der Waals surface area contributed by atoms with Gasteiger partial charge in [0, 0.05) is 13.6 Å². The van der Waals surface area contributed by atoms with Crippen LogP contribution in [-0.4, -0.2) is 29.6 Å². The van der Waals surface area contributed by atoms with Crippen molar-refractivity contribution in [2.75, 3.05) is 7.05 Å². The fourth-order valence-corrected chi connectivity index (χ4v) is 4.34. The molecule has 0 aliphatic heterocycles. The predicted molar refractivity (Wildman–Crippen MR) is 88.6 cm³/mol. The molecule has 7 heteroatoms. The fraction of sp³-hybridized carbons (Fsp3) is 0.562. The summed E-state index contributed by atoms with van der Waals surface area (Å²) in [6.07, 6.45) is 1.55. The predicted octanol–water partition coefficient (Wildman–Crippen LogP) is 3.13. The van der Waals surface area contributed by atoms with Gasteiger partial charge in [-0.1, -0.05) is 13.8 Å². The summed E-state index contributed by atoms with van der Waals surface area (Å²) in [6.45, 7) is 10.2. The van der Waals surface area contributed by atoms with Crippen LogP contribution in [0.25, 0.3) is 0 Å². The molecule has 0 saturated carbocycles. The Morgan fingerprint density at radius 2 is 1.96 bits per heavy atom. The molecular weight excluding hydrogens is 314 g/mol. The minimum atomic E-state index is -3.65. The van der Waals surface area contributed by atoms with E-state index in [0.717, 1.165) is 0 Å². The molecule has 0 saturated heterocycles. The van der Waals surface area contributed by atoms with Gasteiger partial charge >= 0.3 is 0 Å². The van der Waals surface area contributed by atoms with Gasteiger partial charge in [0.1, 0.15) is 10.7 Å². The summed E-state index contributed by atoms with van der Waals surface area (Å²) in [5.74, 6) is 1.00. The second kappa shape index (κ2) is 6.49. The van der Waals surface area contributed by atoms with E-state index in [2.05, 4.69) is 18.9 Å². The van der Waals surface area contributed by atoms with Crippen molar-refractivity contribution < 1.29 is 12.8 Å². The highest BCUT2D eigenvalue weighted by atomic mass is 32.2. The third-order valence-electron chi connectivity index (χ3n) is 3.99. The van der Waals surface area contributed by atoms with E-state index >= 15 is 0 Å². The highest BCUT2D eigenvalue weighted by Gasteiger charge is 2.32. The molecular formula is C16H25N3O3S. The SMILES string of the molecule is Cc1nn(CC(C)C)c(C)c1S(=O)(=O)N(C)C(C)c1ccco1. The average Bonchev–Trinajstić information content (AvgIpc) is 3.06. The molecule has 2 rings (SSSR count). The number of hydrogen-bond acceptors (Lipinski definition) is 4. The lowest BCUT2D eigenvalue weighted by Crippen LogP contribution is -2.30. The molecule has 128 valence electrons. The van der Waals surface area contributed by atoms with E-state index in [1.807, 2.05) is 0 Å². The molecule has 2 aromatic rings. The van der Waals surface area contributed by atoms with Crippen LogP contribution in [0.1, 0.15) is 44.0 Å². The molecule has 0 amide bonds. The highest BCUT2D eigenvalue weighted by molar-refractivity contribution is 7.89. The first kappa shape index (κ1) is 17.7. The van der Waals surface area contributed by atoms with Crippen molar-refractivity contribution in [3.8, 4) is 0 Å². The zero-order valence-electron chi connectivity index (χ0n) is 14.6. The van der Waals surface area contributed by atoms with Gasteiger partial charge in [-0.15, -0.1) is 0 Å². The van der Waals surface area contributed by atoms with Gasteiger partial charge in [0.05, 0.1) is 23.7 Å². The Labute approximate surface area is 138 Å². The summed E-state index contributed by atoms with van der Waals surface area (Å²) in [6, 6.07) is 3.14. The summed E-state index contributed by atoms with van der Waals surface area (Å²) >= 11 is 0. The van der Waals surface area contributed by atoms with Gasteiger partial charge < -0.3 is 4.42 Å². The maximum atomic E-state index is 13.0. The molecule has 2 aromatic heterocycles. The third-order valence-corrected chi connectivity index (χ3v) is 6.17. The Bertz CT molecular complexity index is 761. The lowest BCUT2D eigenvalue weighted by Gasteiger charge is -2.23. The molecule has 1 atom stereocenters. The van der Waals surface area contributed by atoms with Crippen molar-refractivity contribution in [3.63, 3.8) is 0 Å². The number of aromatic nitrogens is 2. The molecule has 0 radical (unpaired) electrons. The van der Waals surface area contributed by atoms with Crippen molar-refractivity contribution in [2.45, 2.75) is 52.1 Å². The minimum absolute atomic E-state index is 0.291. The lowest BCUT2D eigenvalue weighted by molar-refractivity contribution is 0.339. The Morgan fingerprint density at radius 1 is 1.30 bits per heavy atom. The molecule has 23 heavy (non-hydrogen) atoms. The van der Waals surface area contributed by atoms with Crippen LogP contribution in [0.3, 0.4) is 0 Å². The normalized spacial score (nSPS) is 13.9. The topological polar surface area (TPSA) is 68.3 Å². The van der Waals surface area contributed by atoms with Crippen molar-refractivity contribution in [3.05, 3.63) is 35.5 Å². The van der Waals surface area contributed by atoms with Crippen molar-refractivity contribution in [2.24, 2.45) is 5.92 Å². The number of rotatable bonds is 6. The third kappa shape index (κ3) is 3.35. The molecule has 0 N–H and O–H groups in total. The van der Waals surface area contributed by atoms with E-state index in [4.69, 9.17) is 4.42 Å².